The third kappa shape index (κ3) is 7.30. The second-order valence-corrected chi connectivity index (χ2v) is 5.35. The molecule has 0 heterocycles. The van der Waals surface area contributed by atoms with E-state index < -0.39 is 6.10 Å². The second-order valence-electron chi connectivity index (χ2n) is 5.35. The van der Waals surface area contributed by atoms with Gasteiger partial charge in [0.2, 0.25) is 0 Å². The van der Waals surface area contributed by atoms with Crippen LogP contribution < -0.4 is 11.1 Å². The molecule has 3 heteroatoms. The number of nitrogens with one attached hydrogen (secondary N) is 1. The average molecular weight is 274 g/mol. The van der Waals surface area contributed by atoms with Gasteiger partial charge >= 0.3 is 0 Å². The Balaban J connectivity index is 2.19. The van der Waals surface area contributed by atoms with Crippen molar-refractivity contribution in [2.24, 2.45) is 11.7 Å². The zero-order valence-corrected chi connectivity index (χ0v) is 12.5. The molecule has 3 nitrogen and oxygen atoms in total. The van der Waals surface area contributed by atoms with Crippen molar-refractivity contribution in [3.63, 3.8) is 0 Å². The smallest absolute Gasteiger partial charge is 0.0818 e. The van der Waals surface area contributed by atoms with E-state index in [2.05, 4.69) is 31.0 Å². The van der Waals surface area contributed by atoms with Crippen molar-refractivity contribution in [3.8, 4) is 11.8 Å². The van der Waals surface area contributed by atoms with Gasteiger partial charge in [-0.1, -0.05) is 44.2 Å². The van der Waals surface area contributed by atoms with Crippen LogP contribution >= 0.6 is 0 Å². The summed E-state index contributed by atoms with van der Waals surface area (Å²) in [5.41, 5.74) is 7.17. The Morgan fingerprint density at radius 2 is 1.95 bits per heavy atom. The van der Waals surface area contributed by atoms with Gasteiger partial charge in [0.05, 0.1) is 6.10 Å². The van der Waals surface area contributed by atoms with Gasteiger partial charge in [-0.05, 0) is 12.0 Å². The Morgan fingerprint density at radius 3 is 2.60 bits per heavy atom. The van der Waals surface area contributed by atoms with Gasteiger partial charge in [-0.15, -0.1) is 11.8 Å². The predicted octanol–water partition coefficient (Wildman–Crippen LogP) is 1.56. The van der Waals surface area contributed by atoms with E-state index in [4.69, 9.17) is 5.73 Å². The number of rotatable bonds is 7. The minimum atomic E-state index is -0.534. The molecule has 0 aromatic heterocycles. The van der Waals surface area contributed by atoms with Crippen molar-refractivity contribution in [2.45, 2.75) is 38.8 Å². The summed E-state index contributed by atoms with van der Waals surface area (Å²) in [7, 11) is 0. The van der Waals surface area contributed by atoms with E-state index in [9.17, 15) is 5.11 Å². The zero-order chi connectivity index (χ0) is 14.8. The molecule has 0 spiro atoms. The van der Waals surface area contributed by atoms with E-state index >= 15 is 0 Å². The predicted molar refractivity (Wildman–Crippen MR) is 84.2 cm³/mol. The van der Waals surface area contributed by atoms with Crippen molar-refractivity contribution in [1.29, 1.82) is 0 Å². The van der Waals surface area contributed by atoms with Gasteiger partial charge in [-0.25, -0.2) is 0 Å². The van der Waals surface area contributed by atoms with Crippen LogP contribution in [-0.4, -0.2) is 30.3 Å². The lowest BCUT2D eigenvalue weighted by Crippen LogP contribution is -2.43. The summed E-state index contributed by atoms with van der Waals surface area (Å²) in [4.78, 5) is 0. The maximum Gasteiger partial charge on any atom is 0.0818 e. The van der Waals surface area contributed by atoms with Gasteiger partial charge in [0.25, 0.3) is 0 Å². The monoisotopic (exact) mass is 274 g/mol. The Bertz CT molecular complexity index is 420. The lowest BCUT2D eigenvalue weighted by Gasteiger charge is -2.19. The number of benzene rings is 1. The highest BCUT2D eigenvalue weighted by atomic mass is 16.3. The first-order valence-corrected chi connectivity index (χ1v) is 7.26. The molecule has 1 aromatic carbocycles. The van der Waals surface area contributed by atoms with E-state index in [0.717, 1.165) is 18.5 Å². The molecule has 1 rings (SSSR count). The standard InChI is InChI=1S/C17H26N2O/c1-14(2)8-6-7-11-19-13-17(20)16(18)12-15-9-4-3-5-10-15/h3-5,9-10,14,16-17,19-20H,7,11-13,18H2,1-2H3/t16-,17+/m0/s1. The number of aliphatic hydroxyl groups excluding tert-OH is 1. The summed E-state index contributed by atoms with van der Waals surface area (Å²) in [6, 6.07) is 9.76. The molecule has 0 amide bonds. The number of hydrogen-bond donors (Lipinski definition) is 3. The zero-order valence-electron chi connectivity index (χ0n) is 12.5. The minimum absolute atomic E-state index is 0.244. The van der Waals surface area contributed by atoms with E-state index in [1.54, 1.807) is 0 Å². The summed E-state index contributed by atoms with van der Waals surface area (Å²) in [5, 5.41) is 13.2. The van der Waals surface area contributed by atoms with Crippen LogP contribution in [0.5, 0.6) is 0 Å². The SMILES string of the molecule is CC(C)C#CCCNC[C@@H](O)[C@@H](N)Cc1ccccc1. The molecule has 0 saturated carbocycles. The molecule has 0 radical (unpaired) electrons. The first kappa shape index (κ1) is 16.7. The first-order valence-electron chi connectivity index (χ1n) is 7.26. The summed E-state index contributed by atoms with van der Waals surface area (Å²) >= 11 is 0. The molecule has 110 valence electrons. The molecule has 1 aromatic rings. The molecular formula is C17H26N2O. The third-order valence-electron chi connectivity index (χ3n) is 2.98. The highest BCUT2D eigenvalue weighted by Crippen LogP contribution is 2.04. The molecule has 0 bridgehead atoms. The van der Waals surface area contributed by atoms with Crippen LogP contribution in [0.2, 0.25) is 0 Å². The lowest BCUT2D eigenvalue weighted by molar-refractivity contribution is 0.142. The molecule has 0 aliphatic carbocycles. The van der Waals surface area contributed by atoms with Crippen LogP contribution in [0.15, 0.2) is 30.3 Å². The lowest BCUT2D eigenvalue weighted by atomic mass is 10.0. The molecule has 0 saturated heterocycles. The quantitative estimate of drug-likeness (QED) is 0.522. The van der Waals surface area contributed by atoms with Gasteiger partial charge in [0, 0.05) is 31.5 Å². The van der Waals surface area contributed by atoms with Crippen LogP contribution in [0.25, 0.3) is 0 Å². The van der Waals surface area contributed by atoms with E-state index in [1.165, 1.54) is 0 Å². The van der Waals surface area contributed by atoms with Crippen LogP contribution in [-0.2, 0) is 6.42 Å². The van der Waals surface area contributed by atoms with Gasteiger partial charge in [0.15, 0.2) is 0 Å². The van der Waals surface area contributed by atoms with Crippen LogP contribution in [0.1, 0.15) is 25.8 Å². The normalized spacial score (nSPS) is 13.7. The highest BCUT2D eigenvalue weighted by molar-refractivity contribution is 5.16. The molecule has 0 aliphatic rings. The van der Waals surface area contributed by atoms with Crippen LogP contribution in [0.4, 0.5) is 0 Å². The Labute approximate surface area is 122 Å². The number of hydrogen-bond acceptors (Lipinski definition) is 3. The first-order chi connectivity index (χ1) is 9.59. The molecule has 2 atom stereocenters. The van der Waals surface area contributed by atoms with E-state index in [-0.39, 0.29) is 6.04 Å². The van der Waals surface area contributed by atoms with Gasteiger partial charge in [-0.3, -0.25) is 0 Å². The van der Waals surface area contributed by atoms with Crippen molar-refractivity contribution >= 4 is 0 Å². The minimum Gasteiger partial charge on any atom is -0.390 e. The summed E-state index contributed by atoms with van der Waals surface area (Å²) in [6.45, 7) is 5.45. The van der Waals surface area contributed by atoms with Crippen LogP contribution in [0, 0.1) is 17.8 Å². The van der Waals surface area contributed by atoms with Gasteiger partial charge in [0.1, 0.15) is 0 Å². The highest BCUT2D eigenvalue weighted by Gasteiger charge is 2.14. The fourth-order valence-electron chi connectivity index (χ4n) is 1.85. The van der Waals surface area contributed by atoms with Gasteiger partial charge in [-0.2, -0.15) is 0 Å². The fourth-order valence-corrected chi connectivity index (χ4v) is 1.85. The molecular weight excluding hydrogens is 248 g/mol. The number of aliphatic hydroxyl groups is 1. The second kappa shape index (κ2) is 9.55. The number of nitrogens with two attached hydrogens (primary N) is 1. The molecule has 4 N–H and O–H groups in total. The Morgan fingerprint density at radius 1 is 1.25 bits per heavy atom. The Kier molecular flexibility index (Phi) is 7.98. The summed E-state index contributed by atoms with van der Waals surface area (Å²) in [6.07, 6.45) is 0.962. The summed E-state index contributed by atoms with van der Waals surface area (Å²) in [5.74, 6) is 6.63. The van der Waals surface area contributed by atoms with Gasteiger partial charge < -0.3 is 16.2 Å². The Hall–Kier alpha value is -1.34. The van der Waals surface area contributed by atoms with E-state index in [0.29, 0.717) is 18.9 Å². The summed E-state index contributed by atoms with van der Waals surface area (Å²) < 4.78 is 0. The van der Waals surface area contributed by atoms with Crippen molar-refractivity contribution in [1.82, 2.24) is 5.32 Å². The average Bonchev–Trinajstić information content (AvgIpc) is 2.43. The molecule has 0 fully saturated rings. The molecule has 0 aliphatic heterocycles. The third-order valence-corrected chi connectivity index (χ3v) is 2.98. The van der Waals surface area contributed by atoms with Crippen LogP contribution in [0.3, 0.4) is 0 Å². The van der Waals surface area contributed by atoms with E-state index in [1.807, 2.05) is 30.3 Å². The maximum atomic E-state index is 10.0. The molecule has 20 heavy (non-hydrogen) atoms. The van der Waals surface area contributed by atoms with Crippen molar-refractivity contribution in [3.05, 3.63) is 35.9 Å². The van der Waals surface area contributed by atoms with Crippen molar-refractivity contribution in [2.75, 3.05) is 13.1 Å². The fraction of sp³-hybridized carbons (Fsp3) is 0.529. The van der Waals surface area contributed by atoms with Crippen molar-refractivity contribution < 1.29 is 5.11 Å². The maximum absolute atomic E-state index is 10.0. The molecule has 0 unspecified atom stereocenters. The largest absolute Gasteiger partial charge is 0.390 e. The topological polar surface area (TPSA) is 58.3 Å².